The Kier molecular flexibility index (Phi) is 2.17. The first-order valence-corrected chi connectivity index (χ1v) is 4.54. The van der Waals surface area contributed by atoms with Crippen LogP contribution in [-0.4, -0.2) is 5.16 Å². The topological polar surface area (TPSA) is 52.0 Å². The van der Waals surface area contributed by atoms with E-state index in [1.807, 2.05) is 31.2 Å². The zero-order valence-electron chi connectivity index (χ0n) is 7.62. The van der Waals surface area contributed by atoms with Gasteiger partial charge in [0.25, 0.3) is 0 Å². The highest BCUT2D eigenvalue weighted by atomic mass is 35.5. The van der Waals surface area contributed by atoms with Crippen LogP contribution in [0.1, 0.15) is 5.56 Å². The molecule has 2 aromatic rings. The minimum Gasteiger partial charge on any atom is -0.380 e. The van der Waals surface area contributed by atoms with Gasteiger partial charge in [0.15, 0.2) is 11.6 Å². The third-order valence-corrected chi connectivity index (χ3v) is 2.31. The van der Waals surface area contributed by atoms with Crippen LogP contribution in [0.5, 0.6) is 0 Å². The predicted molar refractivity (Wildman–Crippen MR) is 56.1 cm³/mol. The molecule has 0 aliphatic rings. The van der Waals surface area contributed by atoms with Gasteiger partial charge in [-0.25, -0.2) is 0 Å². The van der Waals surface area contributed by atoms with Gasteiger partial charge in [-0.15, -0.1) is 0 Å². The number of nitrogen functional groups attached to an aromatic ring is 1. The minimum absolute atomic E-state index is 0.225. The van der Waals surface area contributed by atoms with Gasteiger partial charge in [-0.2, -0.15) is 0 Å². The minimum atomic E-state index is 0.225. The summed E-state index contributed by atoms with van der Waals surface area (Å²) in [5.74, 6) is 0.746. The molecule has 0 bridgehead atoms. The van der Waals surface area contributed by atoms with E-state index in [1.165, 1.54) is 0 Å². The van der Waals surface area contributed by atoms with Crippen molar-refractivity contribution in [2.75, 3.05) is 5.73 Å². The standard InChI is InChI=1S/C10H9ClN2O/c1-6-3-2-4-7(5-6)9-8(11)10(12)13-14-9/h2-5H,1H3,(H2,12,13). The maximum atomic E-state index is 5.91. The third kappa shape index (κ3) is 1.46. The van der Waals surface area contributed by atoms with Crippen LogP contribution in [0.3, 0.4) is 0 Å². The first-order chi connectivity index (χ1) is 6.68. The highest BCUT2D eigenvalue weighted by Gasteiger charge is 2.12. The molecule has 0 unspecified atom stereocenters. The molecule has 72 valence electrons. The molecular weight excluding hydrogens is 200 g/mol. The van der Waals surface area contributed by atoms with Crippen LogP contribution in [0.15, 0.2) is 28.8 Å². The van der Waals surface area contributed by atoms with E-state index >= 15 is 0 Å². The molecule has 0 spiro atoms. The van der Waals surface area contributed by atoms with Crippen LogP contribution in [0.25, 0.3) is 11.3 Å². The fourth-order valence-corrected chi connectivity index (χ4v) is 1.44. The van der Waals surface area contributed by atoms with E-state index in [0.717, 1.165) is 11.1 Å². The molecular formula is C10H9ClN2O. The number of aryl methyl sites for hydroxylation is 1. The fraction of sp³-hybridized carbons (Fsp3) is 0.100. The lowest BCUT2D eigenvalue weighted by molar-refractivity contribution is 0.436. The zero-order valence-corrected chi connectivity index (χ0v) is 8.38. The molecule has 0 saturated carbocycles. The Balaban J connectivity index is 2.55. The summed E-state index contributed by atoms with van der Waals surface area (Å²) in [6, 6.07) is 7.79. The van der Waals surface area contributed by atoms with E-state index in [2.05, 4.69) is 5.16 Å². The Hall–Kier alpha value is -1.48. The smallest absolute Gasteiger partial charge is 0.187 e. The van der Waals surface area contributed by atoms with Crippen LogP contribution in [-0.2, 0) is 0 Å². The number of benzene rings is 1. The molecule has 0 radical (unpaired) electrons. The van der Waals surface area contributed by atoms with E-state index in [1.54, 1.807) is 0 Å². The van der Waals surface area contributed by atoms with Crippen LogP contribution in [0, 0.1) is 6.92 Å². The molecule has 3 nitrogen and oxygen atoms in total. The van der Waals surface area contributed by atoms with E-state index < -0.39 is 0 Å². The van der Waals surface area contributed by atoms with Crippen molar-refractivity contribution in [3.8, 4) is 11.3 Å². The zero-order chi connectivity index (χ0) is 10.1. The summed E-state index contributed by atoms with van der Waals surface area (Å²) in [5, 5.41) is 3.96. The number of hydrogen-bond acceptors (Lipinski definition) is 3. The highest BCUT2D eigenvalue weighted by molar-refractivity contribution is 6.35. The average Bonchev–Trinajstić information content (AvgIpc) is 2.48. The molecule has 0 aliphatic carbocycles. The monoisotopic (exact) mass is 208 g/mol. The van der Waals surface area contributed by atoms with Crippen molar-refractivity contribution in [2.45, 2.75) is 6.92 Å². The van der Waals surface area contributed by atoms with E-state index in [9.17, 15) is 0 Å². The molecule has 2 N–H and O–H groups in total. The van der Waals surface area contributed by atoms with Gasteiger partial charge in [0.1, 0.15) is 5.02 Å². The lowest BCUT2D eigenvalue weighted by atomic mass is 10.1. The maximum Gasteiger partial charge on any atom is 0.187 e. The Morgan fingerprint density at radius 3 is 2.79 bits per heavy atom. The third-order valence-electron chi connectivity index (χ3n) is 1.94. The first-order valence-electron chi connectivity index (χ1n) is 4.16. The number of nitrogens with zero attached hydrogens (tertiary/aromatic N) is 1. The summed E-state index contributed by atoms with van der Waals surface area (Å²) >= 11 is 5.91. The van der Waals surface area contributed by atoms with Gasteiger partial charge in [-0.05, 0) is 13.0 Å². The van der Waals surface area contributed by atoms with Crippen molar-refractivity contribution in [3.05, 3.63) is 34.9 Å². The molecule has 0 atom stereocenters. The quantitative estimate of drug-likeness (QED) is 0.784. The summed E-state index contributed by atoms with van der Waals surface area (Å²) in [7, 11) is 0. The van der Waals surface area contributed by atoms with Crippen LogP contribution in [0.2, 0.25) is 5.02 Å². The summed E-state index contributed by atoms with van der Waals surface area (Å²) in [4.78, 5) is 0. The predicted octanol–water partition coefficient (Wildman–Crippen LogP) is 2.89. The molecule has 0 saturated heterocycles. The molecule has 14 heavy (non-hydrogen) atoms. The van der Waals surface area contributed by atoms with Crippen LogP contribution in [0.4, 0.5) is 5.82 Å². The summed E-state index contributed by atoms with van der Waals surface area (Å²) < 4.78 is 5.03. The van der Waals surface area contributed by atoms with Gasteiger partial charge in [-0.1, -0.05) is 40.5 Å². The number of rotatable bonds is 1. The second-order valence-electron chi connectivity index (χ2n) is 3.08. The number of halogens is 1. The van der Waals surface area contributed by atoms with Crippen molar-refractivity contribution in [3.63, 3.8) is 0 Å². The van der Waals surface area contributed by atoms with Crippen molar-refractivity contribution >= 4 is 17.4 Å². The molecule has 4 heteroatoms. The lowest BCUT2D eigenvalue weighted by Gasteiger charge is -1.97. The van der Waals surface area contributed by atoms with Gasteiger partial charge in [0, 0.05) is 5.56 Å². The van der Waals surface area contributed by atoms with Crippen LogP contribution < -0.4 is 5.73 Å². The summed E-state index contributed by atoms with van der Waals surface area (Å²) in [6.07, 6.45) is 0. The van der Waals surface area contributed by atoms with Gasteiger partial charge >= 0.3 is 0 Å². The number of anilines is 1. The Labute approximate surface area is 86.5 Å². The molecule has 0 fully saturated rings. The lowest BCUT2D eigenvalue weighted by Crippen LogP contribution is -1.83. The second-order valence-corrected chi connectivity index (χ2v) is 3.46. The van der Waals surface area contributed by atoms with Gasteiger partial charge in [-0.3, -0.25) is 0 Å². The number of hydrogen-bond donors (Lipinski definition) is 1. The second kappa shape index (κ2) is 3.35. The van der Waals surface area contributed by atoms with Crippen molar-refractivity contribution < 1.29 is 4.52 Å². The van der Waals surface area contributed by atoms with E-state index in [0.29, 0.717) is 10.8 Å². The Bertz CT molecular complexity index is 465. The summed E-state index contributed by atoms with van der Waals surface area (Å²) in [5.41, 5.74) is 7.50. The average molecular weight is 209 g/mol. The van der Waals surface area contributed by atoms with Gasteiger partial charge < -0.3 is 10.3 Å². The molecule has 0 aliphatic heterocycles. The number of aromatic nitrogens is 1. The van der Waals surface area contributed by atoms with Crippen molar-refractivity contribution in [1.29, 1.82) is 0 Å². The maximum absolute atomic E-state index is 5.91. The first kappa shape index (κ1) is 9.09. The van der Waals surface area contributed by atoms with Gasteiger partial charge in [0.05, 0.1) is 0 Å². The molecule has 1 heterocycles. The van der Waals surface area contributed by atoms with E-state index in [-0.39, 0.29) is 5.82 Å². The van der Waals surface area contributed by atoms with E-state index in [4.69, 9.17) is 21.9 Å². The number of nitrogens with two attached hydrogens (primary N) is 1. The Morgan fingerprint density at radius 2 is 2.21 bits per heavy atom. The van der Waals surface area contributed by atoms with Crippen molar-refractivity contribution in [2.24, 2.45) is 0 Å². The Morgan fingerprint density at radius 1 is 1.43 bits per heavy atom. The normalized spacial score (nSPS) is 10.4. The largest absolute Gasteiger partial charge is 0.380 e. The SMILES string of the molecule is Cc1cccc(-c2onc(N)c2Cl)c1. The van der Waals surface area contributed by atoms with Crippen molar-refractivity contribution in [1.82, 2.24) is 5.16 Å². The highest BCUT2D eigenvalue weighted by Crippen LogP contribution is 2.32. The molecule has 2 rings (SSSR count). The fourth-order valence-electron chi connectivity index (χ4n) is 1.26. The summed E-state index contributed by atoms with van der Waals surface area (Å²) in [6.45, 7) is 2.00. The molecule has 0 amide bonds. The van der Waals surface area contributed by atoms with Crippen LogP contribution >= 0.6 is 11.6 Å². The van der Waals surface area contributed by atoms with Gasteiger partial charge in [0.2, 0.25) is 0 Å². The molecule has 1 aromatic heterocycles. The molecule has 1 aromatic carbocycles.